The first kappa shape index (κ1) is 22.1. The minimum atomic E-state index is -0.525. The van der Waals surface area contributed by atoms with Crippen molar-refractivity contribution in [1.29, 1.82) is 0 Å². The molecule has 4 aliphatic carbocycles. The second-order valence-corrected chi connectivity index (χ2v) is 11.8. The molecule has 0 aromatic carbocycles. The van der Waals surface area contributed by atoms with Gasteiger partial charge in [-0.3, -0.25) is 13.9 Å². The predicted molar refractivity (Wildman–Crippen MR) is 120 cm³/mol. The van der Waals surface area contributed by atoms with Gasteiger partial charge < -0.3 is 5.11 Å². The number of carbonyl (C=O) groups is 1. The average molecular weight is 442 g/mol. The van der Waals surface area contributed by atoms with Gasteiger partial charge in [-0.15, -0.1) is 0 Å². The number of aliphatic hydroxyl groups is 1. The standard InChI is InChI=1S/C26H36FN3O2/c1-25(32)8-6-19-16(11-25)4-5-21-20(19)7-9-26(2)22(10-17(12-27)24(21)26)23(31)15-30-14-18(28-3)13-29-30/h13-14,16-17,19-22,24,32H,4-12,15H2,1-2H3/t16-,17+,19+,20-,21-,22-,24+,25-,26-/m1/s1. The Hall–Kier alpha value is -1.74. The monoisotopic (exact) mass is 441 g/mol. The zero-order chi connectivity index (χ0) is 22.7. The van der Waals surface area contributed by atoms with E-state index in [4.69, 9.17) is 6.57 Å². The third-order valence-corrected chi connectivity index (χ3v) is 10.0. The van der Waals surface area contributed by atoms with Gasteiger partial charge in [0.05, 0.1) is 31.6 Å². The van der Waals surface area contributed by atoms with Crippen molar-refractivity contribution in [3.05, 3.63) is 23.8 Å². The molecule has 32 heavy (non-hydrogen) atoms. The van der Waals surface area contributed by atoms with Crippen molar-refractivity contribution in [3.8, 4) is 0 Å². The molecule has 1 aromatic rings. The van der Waals surface area contributed by atoms with Crippen LogP contribution in [0.25, 0.3) is 4.85 Å². The number of nitrogens with zero attached hydrogens (tertiary/aromatic N) is 3. The molecule has 9 atom stereocenters. The molecular weight excluding hydrogens is 405 g/mol. The number of hydrogen-bond donors (Lipinski definition) is 1. The van der Waals surface area contributed by atoms with Gasteiger partial charge in [0, 0.05) is 12.1 Å². The molecular formula is C26H36FN3O2. The molecule has 1 heterocycles. The van der Waals surface area contributed by atoms with Gasteiger partial charge in [0.1, 0.15) is 0 Å². The highest BCUT2D eigenvalue weighted by atomic mass is 19.1. The van der Waals surface area contributed by atoms with Crippen LogP contribution in [0.3, 0.4) is 0 Å². The first-order valence-corrected chi connectivity index (χ1v) is 12.5. The normalized spacial score (nSPS) is 45.4. The van der Waals surface area contributed by atoms with Crippen LogP contribution in [-0.4, -0.2) is 32.9 Å². The van der Waals surface area contributed by atoms with Gasteiger partial charge in [0.25, 0.3) is 0 Å². The number of rotatable bonds is 4. The van der Waals surface area contributed by atoms with Crippen molar-refractivity contribution in [2.75, 3.05) is 6.67 Å². The lowest BCUT2D eigenvalue weighted by Crippen LogP contribution is -2.52. The molecule has 4 fully saturated rings. The predicted octanol–water partition coefficient (Wildman–Crippen LogP) is 5.22. The van der Waals surface area contributed by atoms with Crippen LogP contribution in [0.4, 0.5) is 10.1 Å². The zero-order valence-corrected chi connectivity index (χ0v) is 19.3. The van der Waals surface area contributed by atoms with E-state index in [2.05, 4.69) is 16.9 Å². The van der Waals surface area contributed by atoms with Crippen molar-refractivity contribution in [1.82, 2.24) is 9.78 Å². The summed E-state index contributed by atoms with van der Waals surface area (Å²) in [6, 6.07) is 0. The highest BCUT2D eigenvalue weighted by Gasteiger charge is 2.61. The topological polar surface area (TPSA) is 59.5 Å². The Bertz CT molecular complexity index is 920. The van der Waals surface area contributed by atoms with E-state index in [-0.39, 0.29) is 42.2 Å². The molecule has 174 valence electrons. The van der Waals surface area contributed by atoms with Gasteiger partial charge in [0.15, 0.2) is 5.78 Å². The Morgan fingerprint density at radius 2 is 2.03 bits per heavy atom. The van der Waals surface area contributed by atoms with Gasteiger partial charge in [-0.05, 0) is 99.2 Å². The third-order valence-electron chi connectivity index (χ3n) is 10.0. The van der Waals surface area contributed by atoms with Crippen LogP contribution < -0.4 is 0 Å². The van der Waals surface area contributed by atoms with Crippen LogP contribution in [0.2, 0.25) is 0 Å². The van der Waals surface area contributed by atoms with E-state index in [1.54, 1.807) is 10.9 Å². The highest BCUT2D eigenvalue weighted by molar-refractivity contribution is 5.82. The summed E-state index contributed by atoms with van der Waals surface area (Å²) < 4.78 is 15.9. The lowest BCUT2D eigenvalue weighted by molar-refractivity contribution is -0.134. The number of hydrogen-bond acceptors (Lipinski definition) is 3. The molecule has 0 amide bonds. The summed E-state index contributed by atoms with van der Waals surface area (Å²) in [5.74, 6) is 2.66. The SMILES string of the molecule is [C-]#[N+]c1cnn(CC(=O)[C@H]2C[C@@H](CF)[C@H]3[C@@H]4CC[C@@H]5C[C@](C)(O)CC[C@@H]5[C@H]4CC[C@@]32C)c1. The summed E-state index contributed by atoms with van der Waals surface area (Å²) in [7, 11) is 0. The molecule has 0 spiro atoms. The number of halogens is 1. The van der Waals surface area contributed by atoms with E-state index in [0.29, 0.717) is 35.8 Å². The number of Topliss-reactive ketones (excluding diaryl/α,β-unsaturated/α-hetero) is 1. The molecule has 0 saturated heterocycles. The fourth-order valence-corrected chi connectivity index (χ4v) is 8.79. The van der Waals surface area contributed by atoms with Gasteiger partial charge >= 0.3 is 0 Å². The first-order valence-electron chi connectivity index (χ1n) is 12.5. The van der Waals surface area contributed by atoms with Crippen LogP contribution in [0, 0.1) is 53.4 Å². The maximum atomic E-state index is 14.4. The van der Waals surface area contributed by atoms with Crippen LogP contribution in [-0.2, 0) is 11.3 Å². The Morgan fingerprint density at radius 1 is 1.25 bits per heavy atom. The smallest absolute Gasteiger partial charge is 0.224 e. The lowest BCUT2D eigenvalue weighted by atomic mass is 9.48. The van der Waals surface area contributed by atoms with Crippen LogP contribution in [0.15, 0.2) is 12.4 Å². The number of carbonyl (C=O) groups excluding carboxylic acids is 1. The van der Waals surface area contributed by atoms with Crippen molar-refractivity contribution in [2.45, 2.75) is 77.4 Å². The second-order valence-electron chi connectivity index (χ2n) is 11.8. The molecule has 1 aromatic heterocycles. The summed E-state index contributed by atoms with van der Waals surface area (Å²) in [5.41, 5.74) is -0.223. The average Bonchev–Trinajstić information content (AvgIpc) is 3.33. The summed E-state index contributed by atoms with van der Waals surface area (Å²) in [6.07, 6.45) is 11.0. The van der Waals surface area contributed by atoms with Crippen LogP contribution in [0.5, 0.6) is 0 Å². The fourth-order valence-electron chi connectivity index (χ4n) is 8.79. The van der Waals surface area contributed by atoms with Gasteiger partial charge in [-0.25, -0.2) is 4.85 Å². The molecule has 4 aliphatic rings. The maximum absolute atomic E-state index is 14.4. The van der Waals surface area contributed by atoms with Crippen molar-refractivity contribution in [3.63, 3.8) is 0 Å². The second kappa shape index (κ2) is 7.94. The van der Waals surface area contributed by atoms with Gasteiger partial charge in [-0.1, -0.05) is 6.92 Å². The van der Waals surface area contributed by atoms with E-state index in [1.807, 2.05) is 6.92 Å². The Balaban J connectivity index is 1.37. The minimum absolute atomic E-state index is 0.0265. The molecule has 0 aliphatic heterocycles. The van der Waals surface area contributed by atoms with E-state index in [0.717, 1.165) is 44.9 Å². The molecule has 0 bridgehead atoms. The van der Waals surface area contributed by atoms with Crippen LogP contribution in [0.1, 0.15) is 65.2 Å². The maximum Gasteiger partial charge on any atom is 0.224 e. The largest absolute Gasteiger partial charge is 0.390 e. The molecule has 0 unspecified atom stereocenters. The van der Waals surface area contributed by atoms with Crippen molar-refractivity contribution in [2.24, 2.45) is 46.8 Å². The number of aromatic nitrogens is 2. The first-order chi connectivity index (χ1) is 15.3. The summed E-state index contributed by atoms with van der Waals surface area (Å²) in [4.78, 5) is 16.8. The number of ketones is 1. The summed E-state index contributed by atoms with van der Waals surface area (Å²) in [6.45, 7) is 11.2. The van der Waals surface area contributed by atoms with Crippen molar-refractivity contribution >= 4 is 11.5 Å². The molecule has 6 heteroatoms. The van der Waals surface area contributed by atoms with E-state index in [9.17, 15) is 14.3 Å². The molecule has 4 saturated carbocycles. The zero-order valence-electron chi connectivity index (χ0n) is 19.3. The molecule has 5 rings (SSSR count). The van der Waals surface area contributed by atoms with E-state index in [1.165, 1.54) is 6.20 Å². The van der Waals surface area contributed by atoms with Gasteiger partial charge in [0.2, 0.25) is 5.69 Å². The Labute approximate surface area is 190 Å². The minimum Gasteiger partial charge on any atom is -0.390 e. The van der Waals surface area contributed by atoms with Crippen molar-refractivity contribution < 1.29 is 14.3 Å². The molecule has 0 radical (unpaired) electrons. The Morgan fingerprint density at radius 3 is 2.75 bits per heavy atom. The van der Waals surface area contributed by atoms with E-state index >= 15 is 0 Å². The van der Waals surface area contributed by atoms with Gasteiger partial charge in [-0.2, -0.15) is 5.10 Å². The molecule has 1 N–H and O–H groups in total. The Kier molecular flexibility index (Phi) is 5.47. The lowest BCUT2D eigenvalue weighted by Gasteiger charge is -2.57. The summed E-state index contributed by atoms with van der Waals surface area (Å²) in [5, 5.41) is 14.8. The fraction of sp³-hybridized carbons (Fsp3) is 0.808. The third kappa shape index (κ3) is 3.52. The highest BCUT2D eigenvalue weighted by Crippen LogP contribution is 2.66. The summed E-state index contributed by atoms with van der Waals surface area (Å²) >= 11 is 0. The van der Waals surface area contributed by atoms with E-state index < -0.39 is 5.60 Å². The number of fused-ring (bicyclic) bond motifs is 5. The van der Waals surface area contributed by atoms with Crippen LogP contribution >= 0.6 is 0 Å². The quantitative estimate of drug-likeness (QED) is 0.652. The number of alkyl halides is 1. The molecule has 5 nitrogen and oxygen atoms in total.